The first-order chi connectivity index (χ1) is 13.4. The first-order valence-corrected chi connectivity index (χ1v) is 10.0. The molecule has 0 saturated carbocycles. The van der Waals surface area contributed by atoms with Gasteiger partial charge in [0.15, 0.2) is 11.2 Å². The highest BCUT2D eigenvalue weighted by atomic mass is 35.5. The second-order valence-electron chi connectivity index (χ2n) is 7.54. The van der Waals surface area contributed by atoms with Crippen LogP contribution in [-0.4, -0.2) is 25.2 Å². The van der Waals surface area contributed by atoms with Crippen LogP contribution in [0.25, 0.3) is 11.2 Å². The van der Waals surface area contributed by atoms with Crippen LogP contribution in [0.15, 0.2) is 33.9 Å². The molecule has 1 aromatic carbocycles. The minimum atomic E-state index is -0.316. The molecule has 7 nitrogen and oxygen atoms in total. The third kappa shape index (κ3) is 2.94. The topological polar surface area (TPSA) is 65.1 Å². The molecule has 0 N–H and O–H groups in total. The predicted molar refractivity (Wildman–Crippen MR) is 112 cm³/mol. The summed E-state index contributed by atoms with van der Waals surface area (Å²) in [5.41, 5.74) is 1.27. The van der Waals surface area contributed by atoms with E-state index >= 15 is 0 Å². The van der Waals surface area contributed by atoms with Crippen LogP contribution in [0.2, 0.25) is 5.02 Å². The zero-order valence-electron chi connectivity index (χ0n) is 16.4. The Balaban J connectivity index is 1.98. The molecule has 0 bridgehead atoms. The molecule has 0 unspecified atom stereocenters. The van der Waals surface area contributed by atoms with Gasteiger partial charge < -0.3 is 9.47 Å². The Morgan fingerprint density at radius 1 is 1.25 bits per heavy atom. The zero-order valence-corrected chi connectivity index (χ0v) is 17.1. The molecular formula is C20H24ClN5O2. The summed E-state index contributed by atoms with van der Waals surface area (Å²) < 4.78 is 4.77. The van der Waals surface area contributed by atoms with E-state index in [1.54, 1.807) is 7.05 Å². The van der Waals surface area contributed by atoms with E-state index in [1.807, 2.05) is 35.8 Å². The van der Waals surface area contributed by atoms with Crippen molar-refractivity contribution in [3.63, 3.8) is 0 Å². The third-order valence-corrected chi connectivity index (χ3v) is 5.53. The zero-order chi connectivity index (χ0) is 20.0. The van der Waals surface area contributed by atoms with Gasteiger partial charge in [0, 0.05) is 37.4 Å². The van der Waals surface area contributed by atoms with E-state index in [9.17, 15) is 9.59 Å². The maximum Gasteiger partial charge on any atom is 0.332 e. The van der Waals surface area contributed by atoms with Crippen LogP contribution in [0, 0.1) is 5.92 Å². The van der Waals surface area contributed by atoms with E-state index in [1.165, 1.54) is 9.13 Å². The van der Waals surface area contributed by atoms with E-state index in [0.29, 0.717) is 41.1 Å². The normalized spacial score (nSPS) is 16.6. The first kappa shape index (κ1) is 18.8. The first-order valence-electron chi connectivity index (χ1n) is 9.65. The van der Waals surface area contributed by atoms with E-state index in [0.717, 1.165) is 25.1 Å². The predicted octanol–water partition coefficient (Wildman–Crippen LogP) is 3.14. The number of aryl methyl sites for hydroxylation is 1. The molecule has 1 atom stereocenters. The number of hydrogen-bond donors (Lipinski definition) is 0. The van der Waals surface area contributed by atoms with Crippen LogP contribution >= 0.6 is 11.6 Å². The lowest BCUT2D eigenvalue weighted by molar-refractivity contribution is 0.457. The Bertz CT molecular complexity index is 1160. The summed E-state index contributed by atoms with van der Waals surface area (Å²) in [4.78, 5) is 32.7. The number of halogens is 1. The highest BCUT2D eigenvalue weighted by Gasteiger charge is 2.29. The Kier molecular flexibility index (Phi) is 4.79. The van der Waals surface area contributed by atoms with Crippen molar-refractivity contribution >= 4 is 34.4 Å². The highest BCUT2D eigenvalue weighted by molar-refractivity contribution is 6.30. The molecule has 8 heteroatoms. The SMILES string of the molecule is CCCCn1c(=O)c2c(nc3n2C[C@@H](C)CN3c2cccc(Cl)c2)n(C)c1=O. The number of hydrogen-bond acceptors (Lipinski definition) is 4. The van der Waals surface area contributed by atoms with Gasteiger partial charge in [-0.25, -0.2) is 4.79 Å². The summed E-state index contributed by atoms with van der Waals surface area (Å²) in [5, 5.41) is 0.646. The summed E-state index contributed by atoms with van der Waals surface area (Å²) in [5.74, 6) is 0.986. The number of nitrogens with zero attached hydrogens (tertiary/aromatic N) is 5. The smallest absolute Gasteiger partial charge is 0.312 e. The molecule has 1 aliphatic heterocycles. The quantitative estimate of drug-likeness (QED) is 0.673. The van der Waals surface area contributed by atoms with E-state index in [-0.39, 0.29) is 11.2 Å². The lowest BCUT2D eigenvalue weighted by Gasteiger charge is -2.33. The second-order valence-corrected chi connectivity index (χ2v) is 7.98. The van der Waals surface area contributed by atoms with E-state index in [2.05, 4.69) is 11.8 Å². The molecule has 3 aromatic rings. The monoisotopic (exact) mass is 401 g/mol. The fourth-order valence-electron chi connectivity index (χ4n) is 3.88. The Hall–Kier alpha value is -2.54. The molecule has 0 saturated heterocycles. The number of unbranched alkanes of at least 4 members (excludes halogenated alkanes) is 1. The van der Waals surface area contributed by atoms with Crippen molar-refractivity contribution in [1.29, 1.82) is 0 Å². The number of anilines is 2. The second kappa shape index (κ2) is 7.13. The van der Waals surface area contributed by atoms with Crippen LogP contribution < -0.4 is 16.1 Å². The number of benzene rings is 1. The third-order valence-electron chi connectivity index (χ3n) is 5.30. The molecule has 0 spiro atoms. The molecule has 1 aliphatic rings. The van der Waals surface area contributed by atoms with Crippen LogP contribution in [0.1, 0.15) is 26.7 Å². The van der Waals surface area contributed by atoms with Gasteiger partial charge in [-0.2, -0.15) is 4.98 Å². The van der Waals surface area contributed by atoms with Crippen LogP contribution in [0.4, 0.5) is 11.6 Å². The summed E-state index contributed by atoms with van der Waals surface area (Å²) in [6.45, 7) is 6.06. The van der Waals surface area contributed by atoms with E-state index < -0.39 is 0 Å². The maximum atomic E-state index is 13.2. The van der Waals surface area contributed by atoms with Gasteiger partial charge in [0.25, 0.3) is 5.56 Å². The van der Waals surface area contributed by atoms with Gasteiger partial charge in [0.2, 0.25) is 5.95 Å². The van der Waals surface area contributed by atoms with Gasteiger partial charge in [-0.15, -0.1) is 0 Å². The van der Waals surface area contributed by atoms with E-state index in [4.69, 9.17) is 16.6 Å². The summed E-state index contributed by atoms with van der Waals surface area (Å²) in [7, 11) is 1.68. The van der Waals surface area contributed by atoms with Gasteiger partial charge in [0.1, 0.15) is 0 Å². The van der Waals surface area contributed by atoms with Crippen molar-refractivity contribution < 1.29 is 0 Å². The molecular weight excluding hydrogens is 378 g/mol. The molecule has 148 valence electrons. The van der Waals surface area contributed by atoms with Gasteiger partial charge in [-0.3, -0.25) is 13.9 Å². The molecule has 0 radical (unpaired) electrons. The van der Waals surface area contributed by atoms with Gasteiger partial charge in [-0.05, 0) is 30.5 Å². The molecule has 0 fully saturated rings. The number of rotatable bonds is 4. The molecule has 0 aliphatic carbocycles. The number of fused-ring (bicyclic) bond motifs is 3. The van der Waals surface area contributed by atoms with Crippen molar-refractivity contribution in [3.8, 4) is 0 Å². The van der Waals surface area contributed by atoms with Gasteiger partial charge in [0.05, 0.1) is 0 Å². The minimum absolute atomic E-state index is 0.259. The fourth-order valence-corrected chi connectivity index (χ4v) is 4.06. The Morgan fingerprint density at radius 3 is 2.75 bits per heavy atom. The molecule has 0 amide bonds. The summed E-state index contributed by atoms with van der Waals surface area (Å²) in [6, 6.07) is 7.60. The molecule has 4 rings (SSSR count). The number of aromatic nitrogens is 4. The van der Waals surface area contributed by atoms with Gasteiger partial charge >= 0.3 is 5.69 Å². The molecule has 28 heavy (non-hydrogen) atoms. The average Bonchev–Trinajstić information content (AvgIpc) is 3.05. The largest absolute Gasteiger partial charge is 0.332 e. The van der Waals surface area contributed by atoms with Crippen LogP contribution in [0.5, 0.6) is 0 Å². The Labute approximate surface area is 167 Å². The van der Waals surface area contributed by atoms with Crippen molar-refractivity contribution in [2.75, 3.05) is 11.4 Å². The summed E-state index contributed by atoms with van der Waals surface area (Å²) >= 11 is 6.19. The van der Waals surface area contributed by atoms with Crippen LogP contribution in [0.3, 0.4) is 0 Å². The minimum Gasteiger partial charge on any atom is -0.312 e. The lowest BCUT2D eigenvalue weighted by atomic mass is 10.1. The standard InChI is InChI=1S/C20H24ClN5O2/c1-4-5-9-24-18(27)16-17(23(3)20(24)28)22-19-25(11-13(2)12-26(16)19)15-8-6-7-14(21)10-15/h6-8,10,13H,4-5,9,11-12H2,1-3H3/t13-/m0/s1. The molecule has 3 heterocycles. The highest BCUT2D eigenvalue weighted by Crippen LogP contribution is 2.33. The van der Waals surface area contributed by atoms with Crippen molar-refractivity contribution in [1.82, 2.24) is 18.7 Å². The van der Waals surface area contributed by atoms with Crippen LogP contribution in [-0.2, 0) is 20.1 Å². The Morgan fingerprint density at radius 2 is 2.04 bits per heavy atom. The van der Waals surface area contributed by atoms with Gasteiger partial charge in [-0.1, -0.05) is 37.9 Å². The lowest BCUT2D eigenvalue weighted by Crippen LogP contribution is -2.40. The maximum absolute atomic E-state index is 13.2. The fraction of sp³-hybridized carbons (Fsp3) is 0.450. The molecule has 2 aromatic heterocycles. The number of imidazole rings is 1. The van der Waals surface area contributed by atoms with Crippen molar-refractivity contribution in [2.24, 2.45) is 13.0 Å². The average molecular weight is 402 g/mol. The summed E-state index contributed by atoms with van der Waals surface area (Å²) in [6.07, 6.45) is 1.70. The van der Waals surface area contributed by atoms with Crippen molar-refractivity contribution in [2.45, 2.75) is 39.8 Å². The van der Waals surface area contributed by atoms with Crippen molar-refractivity contribution in [3.05, 3.63) is 50.1 Å².